The summed E-state index contributed by atoms with van der Waals surface area (Å²) in [4.78, 5) is 24.6. The highest BCUT2D eigenvalue weighted by atomic mass is 19.1. The number of carbonyl (C=O) groups excluding carboxylic acids is 1. The third kappa shape index (κ3) is 3.51. The number of rotatable bonds is 5. The van der Waals surface area contributed by atoms with Crippen LogP contribution in [0.3, 0.4) is 0 Å². The van der Waals surface area contributed by atoms with Gasteiger partial charge in [-0.2, -0.15) is 0 Å². The fraction of sp³-hybridized carbons (Fsp3) is 0.231. The van der Waals surface area contributed by atoms with Crippen LogP contribution in [0, 0.1) is 12.7 Å². The Kier molecular flexibility index (Phi) is 4.73. The zero-order valence-electron chi connectivity index (χ0n) is 17.6. The second-order valence-electron chi connectivity index (χ2n) is 8.52. The maximum absolute atomic E-state index is 14.0. The van der Waals surface area contributed by atoms with Crippen molar-refractivity contribution in [2.45, 2.75) is 31.6 Å². The van der Waals surface area contributed by atoms with Crippen molar-refractivity contribution in [3.8, 4) is 16.9 Å². The van der Waals surface area contributed by atoms with Gasteiger partial charge in [-0.1, -0.05) is 18.2 Å². The number of aromatic carboxylic acids is 1. The zero-order valence-corrected chi connectivity index (χ0v) is 17.6. The van der Waals surface area contributed by atoms with Gasteiger partial charge in [-0.05, 0) is 84.0 Å². The lowest BCUT2D eigenvalue weighted by atomic mass is 9.92. The van der Waals surface area contributed by atoms with Crippen molar-refractivity contribution < 1.29 is 23.8 Å². The van der Waals surface area contributed by atoms with Gasteiger partial charge >= 0.3 is 5.97 Å². The first-order chi connectivity index (χ1) is 15.4. The number of carboxylic acids is 1. The van der Waals surface area contributed by atoms with E-state index in [0.29, 0.717) is 23.4 Å². The highest BCUT2D eigenvalue weighted by molar-refractivity contribution is 6.02. The molecular formula is C26H22FNO4. The molecule has 0 bridgehead atoms. The van der Waals surface area contributed by atoms with Crippen LogP contribution in [-0.2, 0) is 16.6 Å². The van der Waals surface area contributed by atoms with E-state index in [1.54, 1.807) is 12.1 Å². The molecule has 162 valence electrons. The maximum Gasteiger partial charge on any atom is 0.335 e. The maximum atomic E-state index is 14.0. The van der Waals surface area contributed by atoms with Crippen LogP contribution < -0.4 is 10.1 Å². The van der Waals surface area contributed by atoms with Gasteiger partial charge in [0, 0.05) is 12.1 Å². The molecule has 6 heteroatoms. The number of benzene rings is 3. The molecule has 1 fully saturated rings. The van der Waals surface area contributed by atoms with Crippen LogP contribution in [0.2, 0.25) is 0 Å². The number of nitrogens with one attached hydrogen (secondary N) is 1. The number of hydrogen-bond donors (Lipinski definition) is 2. The van der Waals surface area contributed by atoms with Crippen LogP contribution in [0.1, 0.15) is 39.9 Å². The van der Waals surface area contributed by atoms with E-state index in [2.05, 4.69) is 11.4 Å². The molecule has 0 spiro atoms. The Labute approximate surface area is 184 Å². The Bertz CT molecular complexity index is 1260. The number of carbonyl (C=O) groups is 2. The number of carboxylic acid groups (broad SMARTS) is 1. The molecule has 5 nitrogen and oxygen atoms in total. The molecule has 1 amide bonds. The molecule has 0 atom stereocenters. The molecular weight excluding hydrogens is 409 g/mol. The summed E-state index contributed by atoms with van der Waals surface area (Å²) in [5.74, 6) is -0.991. The van der Waals surface area contributed by atoms with Gasteiger partial charge in [0.1, 0.15) is 11.6 Å². The predicted octanol–water partition coefficient (Wildman–Crippen LogP) is 5.10. The van der Waals surface area contributed by atoms with E-state index in [9.17, 15) is 19.1 Å². The van der Waals surface area contributed by atoms with Crippen molar-refractivity contribution >= 4 is 17.6 Å². The van der Waals surface area contributed by atoms with Crippen LogP contribution in [-0.4, -0.2) is 23.6 Å². The normalized spacial score (nSPS) is 15.6. The van der Waals surface area contributed by atoms with Crippen LogP contribution in [0.5, 0.6) is 5.75 Å². The van der Waals surface area contributed by atoms with Crippen molar-refractivity contribution in [2.24, 2.45) is 0 Å². The topological polar surface area (TPSA) is 75.6 Å². The van der Waals surface area contributed by atoms with E-state index >= 15 is 0 Å². The smallest absolute Gasteiger partial charge is 0.335 e. The predicted molar refractivity (Wildman–Crippen MR) is 119 cm³/mol. The van der Waals surface area contributed by atoms with Gasteiger partial charge in [-0.3, -0.25) is 4.79 Å². The molecule has 2 aliphatic rings. The van der Waals surface area contributed by atoms with Crippen LogP contribution >= 0.6 is 0 Å². The van der Waals surface area contributed by atoms with E-state index in [-0.39, 0.29) is 11.5 Å². The first kappa shape index (κ1) is 20.2. The monoisotopic (exact) mass is 431 g/mol. The van der Waals surface area contributed by atoms with Crippen LogP contribution in [0.4, 0.5) is 10.1 Å². The van der Waals surface area contributed by atoms with Crippen LogP contribution in [0.15, 0.2) is 54.6 Å². The van der Waals surface area contributed by atoms with Gasteiger partial charge in [0.2, 0.25) is 5.91 Å². The van der Waals surface area contributed by atoms with Crippen molar-refractivity contribution in [3.05, 3.63) is 82.7 Å². The minimum Gasteiger partial charge on any atom is -0.493 e. The van der Waals surface area contributed by atoms with Crippen LogP contribution in [0.25, 0.3) is 11.1 Å². The summed E-state index contributed by atoms with van der Waals surface area (Å²) in [6, 6.07) is 15.1. The average Bonchev–Trinajstić information content (AvgIpc) is 3.45. The SMILES string of the molecule is Cc1ccc(NC(=O)C2(c3ccc4c(c3)CCO4)CC2)cc1-c1cc(F)cc(C(=O)O)c1. The molecule has 1 aliphatic carbocycles. The quantitative estimate of drug-likeness (QED) is 0.589. The lowest BCUT2D eigenvalue weighted by molar-refractivity contribution is -0.118. The van der Waals surface area contributed by atoms with E-state index in [1.807, 2.05) is 25.1 Å². The lowest BCUT2D eigenvalue weighted by Crippen LogP contribution is -2.27. The molecule has 3 aromatic carbocycles. The van der Waals surface area contributed by atoms with Gasteiger partial charge in [-0.15, -0.1) is 0 Å². The van der Waals surface area contributed by atoms with E-state index in [0.717, 1.165) is 47.8 Å². The average molecular weight is 431 g/mol. The number of halogens is 1. The largest absolute Gasteiger partial charge is 0.493 e. The summed E-state index contributed by atoms with van der Waals surface area (Å²) < 4.78 is 19.6. The Morgan fingerprint density at radius 2 is 1.88 bits per heavy atom. The third-order valence-electron chi connectivity index (χ3n) is 6.38. The molecule has 0 saturated heterocycles. The number of amides is 1. The molecule has 0 unspecified atom stereocenters. The molecule has 5 rings (SSSR count). The Hall–Kier alpha value is -3.67. The standard InChI is InChI=1S/C26H22FNO4/c1-15-2-4-21(14-22(15)17-10-18(24(29)30)13-20(27)12-17)28-25(31)26(7-8-26)19-3-5-23-16(11-19)6-9-32-23/h2-5,10-14H,6-9H2,1H3,(H,28,31)(H,29,30). The molecule has 2 N–H and O–H groups in total. The van der Waals surface area contributed by atoms with Crippen molar-refractivity contribution in [1.29, 1.82) is 0 Å². The van der Waals surface area contributed by atoms with E-state index < -0.39 is 17.2 Å². The number of aryl methyl sites for hydroxylation is 1. The number of hydrogen-bond acceptors (Lipinski definition) is 3. The minimum atomic E-state index is -1.19. The molecule has 1 saturated carbocycles. The van der Waals surface area contributed by atoms with Crippen molar-refractivity contribution in [3.63, 3.8) is 0 Å². The summed E-state index contributed by atoms with van der Waals surface area (Å²) in [5.41, 5.74) is 4.05. The molecule has 0 aromatic heterocycles. The Morgan fingerprint density at radius 1 is 1.06 bits per heavy atom. The van der Waals surface area contributed by atoms with Gasteiger partial charge in [-0.25, -0.2) is 9.18 Å². The Morgan fingerprint density at radius 3 is 2.62 bits per heavy atom. The summed E-state index contributed by atoms with van der Waals surface area (Å²) in [6.45, 7) is 2.54. The second kappa shape index (κ2) is 7.48. The lowest BCUT2D eigenvalue weighted by Gasteiger charge is -2.18. The van der Waals surface area contributed by atoms with Gasteiger partial charge in [0.25, 0.3) is 0 Å². The fourth-order valence-corrected chi connectivity index (χ4v) is 4.39. The molecule has 1 aliphatic heterocycles. The van der Waals surface area contributed by atoms with Crippen molar-refractivity contribution in [1.82, 2.24) is 0 Å². The summed E-state index contributed by atoms with van der Waals surface area (Å²) in [7, 11) is 0. The first-order valence-electron chi connectivity index (χ1n) is 10.6. The molecule has 32 heavy (non-hydrogen) atoms. The molecule has 0 radical (unpaired) electrons. The third-order valence-corrected chi connectivity index (χ3v) is 6.38. The number of fused-ring (bicyclic) bond motifs is 1. The van der Waals surface area contributed by atoms with Gasteiger partial charge < -0.3 is 15.2 Å². The first-order valence-corrected chi connectivity index (χ1v) is 10.6. The zero-order chi connectivity index (χ0) is 22.5. The highest BCUT2D eigenvalue weighted by Gasteiger charge is 2.51. The molecule has 3 aromatic rings. The van der Waals surface area contributed by atoms with E-state index in [4.69, 9.17) is 4.74 Å². The minimum absolute atomic E-state index is 0.0726. The number of ether oxygens (including phenoxy) is 1. The van der Waals surface area contributed by atoms with Gasteiger partial charge in [0.05, 0.1) is 17.6 Å². The summed E-state index contributed by atoms with van der Waals surface area (Å²) in [6.07, 6.45) is 2.42. The van der Waals surface area contributed by atoms with Crippen molar-refractivity contribution in [2.75, 3.05) is 11.9 Å². The second-order valence-corrected chi connectivity index (χ2v) is 8.52. The Balaban J connectivity index is 1.43. The van der Waals surface area contributed by atoms with E-state index in [1.165, 1.54) is 12.1 Å². The van der Waals surface area contributed by atoms with Gasteiger partial charge in [0.15, 0.2) is 0 Å². The fourth-order valence-electron chi connectivity index (χ4n) is 4.39. The summed E-state index contributed by atoms with van der Waals surface area (Å²) in [5, 5.41) is 12.3. The summed E-state index contributed by atoms with van der Waals surface area (Å²) >= 11 is 0. The highest BCUT2D eigenvalue weighted by Crippen LogP contribution is 2.50. The number of anilines is 1. The molecule has 1 heterocycles.